The summed E-state index contributed by atoms with van der Waals surface area (Å²) in [5.74, 6) is -0.600. The first-order valence-corrected chi connectivity index (χ1v) is 28.5. The van der Waals surface area contributed by atoms with E-state index in [1.54, 1.807) is 24.3 Å². The molecule has 0 saturated carbocycles. The number of hydrogen-bond acceptors (Lipinski definition) is 14. The zero-order valence-corrected chi connectivity index (χ0v) is 46.0. The number of aromatic nitrogens is 1. The minimum atomic E-state index is -1.27. The number of thioether (sulfide) groups is 1. The number of rotatable bonds is 26. The van der Waals surface area contributed by atoms with Crippen LogP contribution in [-0.2, 0) is 87.0 Å². The standard InChI is InChI=1S/C68H65NO12S/c70-65(54-36-20-7-21-37-54)81-63-61(74-43-51-30-14-4-15-31-51)59(72-41-49-26-10-2-11-27-49)57(46-71-40-48-24-8-1-9-25-48)78-66(63)77-47-58-60(73-42-50-28-12-3-13-29-50)62(75-44-52-32-16-5-17-33-52)64(76-45-53-34-18-6-19-35-53)67(79-58)82-68-69-55-38-22-23-39-56(55)80-68/h1-39,57-64,66-67H,40-47H2/t57-,58-,59-,60-,61+,62+,63+,64+,66+,67-/m1/s1. The van der Waals surface area contributed by atoms with Crippen molar-refractivity contribution in [3.8, 4) is 0 Å². The fourth-order valence-electron chi connectivity index (χ4n) is 9.99. The van der Waals surface area contributed by atoms with Gasteiger partial charge in [0.25, 0.3) is 5.22 Å². The molecule has 2 aliphatic heterocycles. The summed E-state index contributed by atoms with van der Waals surface area (Å²) in [5.41, 5.74) is 6.55. The van der Waals surface area contributed by atoms with E-state index >= 15 is 0 Å². The van der Waals surface area contributed by atoms with Crippen LogP contribution in [0.15, 0.2) is 246 Å². The fourth-order valence-corrected chi connectivity index (χ4v) is 11.0. The summed E-state index contributed by atoms with van der Waals surface area (Å²) in [5, 5.41) is 0.381. The second kappa shape index (κ2) is 29.1. The maximum Gasteiger partial charge on any atom is 0.338 e. The molecule has 0 bridgehead atoms. The molecule has 0 aliphatic carbocycles. The first-order valence-electron chi connectivity index (χ1n) is 27.7. The summed E-state index contributed by atoms with van der Waals surface area (Å²) >= 11 is 1.29. The van der Waals surface area contributed by atoms with Gasteiger partial charge >= 0.3 is 5.97 Å². The van der Waals surface area contributed by atoms with Crippen molar-refractivity contribution < 1.29 is 56.6 Å². The summed E-state index contributed by atoms with van der Waals surface area (Å²) in [6.07, 6.45) is -8.29. The quantitative estimate of drug-likeness (QED) is 0.0476. The largest absolute Gasteiger partial charge is 0.450 e. The highest BCUT2D eigenvalue weighted by molar-refractivity contribution is 7.99. The smallest absolute Gasteiger partial charge is 0.338 e. The summed E-state index contributed by atoms with van der Waals surface area (Å²) in [6, 6.07) is 76.0. The number of esters is 1. The van der Waals surface area contributed by atoms with Crippen molar-refractivity contribution in [1.82, 2.24) is 4.98 Å². The van der Waals surface area contributed by atoms with Crippen LogP contribution < -0.4 is 0 Å². The Labute approximate surface area is 482 Å². The van der Waals surface area contributed by atoms with Gasteiger partial charge in [0.05, 0.1) is 58.4 Å². The molecule has 3 heterocycles. The normalized spacial score (nSPS) is 22.6. The summed E-state index contributed by atoms with van der Waals surface area (Å²) in [4.78, 5) is 19.4. The first-order chi connectivity index (χ1) is 40.6. The van der Waals surface area contributed by atoms with Crippen molar-refractivity contribution in [1.29, 1.82) is 0 Å². The van der Waals surface area contributed by atoms with Crippen LogP contribution >= 0.6 is 11.8 Å². The highest BCUT2D eigenvalue weighted by Crippen LogP contribution is 2.40. The summed E-state index contributed by atoms with van der Waals surface area (Å²) in [7, 11) is 0. The number of hydrogen-bond donors (Lipinski definition) is 0. The average Bonchev–Trinajstić information content (AvgIpc) is 4.07. The van der Waals surface area contributed by atoms with Gasteiger partial charge in [-0.05, 0) is 69.4 Å². The Morgan fingerprint density at radius 1 is 0.390 bits per heavy atom. The molecule has 11 rings (SSSR count). The van der Waals surface area contributed by atoms with Gasteiger partial charge in [0.1, 0.15) is 53.7 Å². The van der Waals surface area contributed by atoms with E-state index in [1.165, 1.54) is 11.8 Å². The van der Waals surface area contributed by atoms with Crippen LogP contribution in [0.5, 0.6) is 0 Å². The predicted molar refractivity (Wildman–Crippen MR) is 310 cm³/mol. The van der Waals surface area contributed by atoms with Gasteiger partial charge in [-0.3, -0.25) is 0 Å². The van der Waals surface area contributed by atoms with E-state index in [-0.39, 0.29) is 46.2 Å². The third kappa shape index (κ3) is 15.4. The lowest BCUT2D eigenvalue weighted by Gasteiger charge is -2.47. The van der Waals surface area contributed by atoms with Crippen molar-refractivity contribution in [3.63, 3.8) is 0 Å². The molecule has 2 aliphatic rings. The van der Waals surface area contributed by atoms with Crippen LogP contribution in [0.1, 0.15) is 43.7 Å². The van der Waals surface area contributed by atoms with Gasteiger partial charge in [0.2, 0.25) is 0 Å². The molecule has 9 aromatic rings. The van der Waals surface area contributed by atoms with Crippen molar-refractivity contribution in [2.45, 2.75) is 105 Å². The Morgan fingerprint density at radius 2 is 0.780 bits per heavy atom. The third-order valence-electron chi connectivity index (χ3n) is 14.2. The molecule has 2 fully saturated rings. The summed E-state index contributed by atoms with van der Waals surface area (Å²) < 4.78 is 76.1. The minimum Gasteiger partial charge on any atom is -0.450 e. The van der Waals surface area contributed by atoms with Crippen LogP contribution in [0.25, 0.3) is 11.1 Å². The molecule has 14 heteroatoms. The fraction of sp³-hybridized carbons (Fsp3) is 0.265. The van der Waals surface area contributed by atoms with Gasteiger partial charge in [-0.2, -0.15) is 0 Å². The van der Waals surface area contributed by atoms with Crippen LogP contribution in [0, 0.1) is 0 Å². The van der Waals surface area contributed by atoms with Crippen molar-refractivity contribution >= 4 is 28.8 Å². The topological polar surface area (TPSA) is 135 Å². The summed E-state index contributed by atoms with van der Waals surface area (Å²) in [6.45, 7) is 1.26. The zero-order valence-electron chi connectivity index (χ0n) is 45.2. The molecule has 10 atom stereocenters. The highest BCUT2D eigenvalue weighted by atomic mass is 32.2. The van der Waals surface area contributed by atoms with Gasteiger partial charge in [0.15, 0.2) is 18.0 Å². The van der Waals surface area contributed by atoms with Crippen LogP contribution in [0.2, 0.25) is 0 Å². The van der Waals surface area contributed by atoms with Crippen LogP contribution in [0.4, 0.5) is 0 Å². The van der Waals surface area contributed by atoms with E-state index < -0.39 is 66.5 Å². The molecule has 0 radical (unpaired) electrons. The monoisotopic (exact) mass is 1120 g/mol. The number of nitrogens with zero attached hydrogens (tertiary/aromatic N) is 1. The van der Waals surface area contributed by atoms with Crippen LogP contribution in [0.3, 0.4) is 0 Å². The van der Waals surface area contributed by atoms with Gasteiger partial charge < -0.3 is 51.8 Å². The van der Waals surface area contributed by atoms with Crippen molar-refractivity contribution in [2.75, 3.05) is 13.2 Å². The number of oxazole rings is 1. The Balaban J connectivity index is 0.973. The second-order valence-electron chi connectivity index (χ2n) is 20.0. The molecule has 13 nitrogen and oxygen atoms in total. The Kier molecular flexibility index (Phi) is 20.1. The maximum absolute atomic E-state index is 14.5. The van der Waals surface area contributed by atoms with Gasteiger partial charge in [-0.15, -0.1) is 0 Å². The molecule has 82 heavy (non-hydrogen) atoms. The Hall–Kier alpha value is -7.31. The molecule has 1 aromatic heterocycles. The molecule has 8 aromatic carbocycles. The van der Waals surface area contributed by atoms with E-state index in [1.807, 2.05) is 212 Å². The molecule has 0 spiro atoms. The van der Waals surface area contributed by atoms with Crippen molar-refractivity contribution in [3.05, 3.63) is 276 Å². The molecule has 0 amide bonds. The lowest BCUT2D eigenvalue weighted by atomic mass is 9.97. The number of carbonyl (C=O) groups excluding carboxylic acids is 1. The van der Waals surface area contributed by atoms with E-state index in [0.29, 0.717) is 28.5 Å². The number of benzene rings is 8. The van der Waals surface area contributed by atoms with Crippen molar-refractivity contribution in [2.24, 2.45) is 0 Å². The number of para-hydroxylation sites is 2. The zero-order chi connectivity index (χ0) is 55.6. The first kappa shape index (κ1) is 56.5. The molecule has 0 N–H and O–H groups in total. The Morgan fingerprint density at radius 3 is 1.26 bits per heavy atom. The molecule has 420 valence electrons. The van der Waals surface area contributed by atoms with E-state index in [0.717, 1.165) is 33.4 Å². The van der Waals surface area contributed by atoms with E-state index in [2.05, 4.69) is 0 Å². The molecule has 2 saturated heterocycles. The maximum atomic E-state index is 14.5. The van der Waals surface area contributed by atoms with E-state index in [9.17, 15) is 4.79 Å². The highest BCUT2D eigenvalue weighted by Gasteiger charge is 2.53. The van der Waals surface area contributed by atoms with Gasteiger partial charge in [-0.1, -0.05) is 212 Å². The van der Waals surface area contributed by atoms with E-state index in [4.69, 9.17) is 56.8 Å². The van der Waals surface area contributed by atoms with Gasteiger partial charge in [-0.25, -0.2) is 9.78 Å². The van der Waals surface area contributed by atoms with Gasteiger partial charge in [0, 0.05) is 0 Å². The minimum absolute atomic E-state index is 0.0700. The third-order valence-corrected chi connectivity index (χ3v) is 15.2. The Bertz CT molecular complexity index is 3260. The molecule has 0 unspecified atom stereocenters. The number of fused-ring (bicyclic) bond motifs is 1. The lowest BCUT2D eigenvalue weighted by molar-refractivity contribution is -0.328. The lowest BCUT2D eigenvalue weighted by Crippen LogP contribution is -2.63. The number of ether oxygens (including phenoxy) is 10. The molecular formula is C68H65NO12S. The second-order valence-corrected chi connectivity index (χ2v) is 21.1. The predicted octanol–water partition coefficient (Wildman–Crippen LogP) is 12.8. The number of carbonyl (C=O) groups is 1. The van der Waals surface area contributed by atoms with Crippen LogP contribution in [-0.4, -0.2) is 84.7 Å². The average molecular weight is 1120 g/mol. The SMILES string of the molecule is O=C(O[C@@H]1[C@@H](OC[C@H]2O[C@H](Sc3nc4ccccc4o3)[C@@H](OCc3ccccc3)[C@@H](OCc3ccccc3)[C@@H]2OCc2ccccc2)O[C@H](COCc2ccccc2)[C@@H](OCc2ccccc2)[C@@H]1OCc1ccccc1)c1ccccc1. The molecular weight excluding hydrogens is 1050 g/mol.